The summed E-state index contributed by atoms with van der Waals surface area (Å²) >= 11 is 0. The molecule has 0 radical (unpaired) electrons. The Labute approximate surface area is 167 Å². The minimum atomic E-state index is 0.192. The van der Waals surface area contributed by atoms with Crippen LogP contribution in [-0.4, -0.2) is 77.8 Å². The highest BCUT2D eigenvalue weighted by Crippen LogP contribution is 2.32. The van der Waals surface area contributed by atoms with Gasteiger partial charge in [0.25, 0.3) is 0 Å². The summed E-state index contributed by atoms with van der Waals surface area (Å²) in [4.78, 5) is 27.0. The van der Waals surface area contributed by atoms with Crippen molar-refractivity contribution in [2.75, 3.05) is 39.3 Å². The van der Waals surface area contributed by atoms with E-state index in [1.54, 1.807) is 0 Å². The van der Waals surface area contributed by atoms with E-state index in [2.05, 4.69) is 32.2 Å². The summed E-state index contributed by atoms with van der Waals surface area (Å²) < 4.78 is 0. The van der Waals surface area contributed by atoms with E-state index in [0.717, 1.165) is 38.2 Å². The molecular formula is C22H31N5O. The van der Waals surface area contributed by atoms with E-state index >= 15 is 0 Å². The summed E-state index contributed by atoms with van der Waals surface area (Å²) in [6, 6.07) is 5.12. The maximum atomic E-state index is 12.9. The van der Waals surface area contributed by atoms with Gasteiger partial charge in [0.1, 0.15) is 0 Å². The van der Waals surface area contributed by atoms with Crippen LogP contribution in [-0.2, 0) is 4.79 Å². The molecule has 2 bridgehead atoms. The molecule has 6 nitrogen and oxygen atoms in total. The lowest BCUT2D eigenvalue weighted by Crippen LogP contribution is -2.46. The molecule has 1 N–H and O–H groups in total. The Hall–Kier alpha value is -1.79. The van der Waals surface area contributed by atoms with Crippen LogP contribution in [0.3, 0.4) is 0 Å². The average molecular weight is 382 g/mol. The monoisotopic (exact) mass is 381 g/mol. The van der Waals surface area contributed by atoms with Gasteiger partial charge in [-0.2, -0.15) is 0 Å². The smallest absolute Gasteiger partial charge is 0.236 e. The Morgan fingerprint density at radius 3 is 2.86 bits per heavy atom. The van der Waals surface area contributed by atoms with Crippen molar-refractivity contribution in [1.29, 1.82) is 0 Å². The van der Waals surface area contributed by atoms with Gasteiger partial charge in [0, 0.05) is 31.9 Å². The Morgan fingerprint density at radius 2 is 2.04 bits per heavy atom. The Morgan fingerprint density at radius 1 is 1.18 bits per heavy atom. The number of nitrogens with one attached hydrogen (secondary N) is 1. The number of carbonyl (C=O) groups excluding carboxylic acids is 1. The van der Waals surface area contributed by atoms with E-state index in [4.69, 9.17) is 4.99 Å². The molecule has 1 saturated carbocycles. The molecule has 2 atom stereocenters. The molecule has 6 heteroatoms. The van der Waals surface area contributed by atoms with Crippen molar-refractivity contribution in [3.63, 3.8) is 0 Å². The molecule has 0 spiro atoms. The van der Waals surface area contributed by atoms with Crippen LogP contribution in [0.4, 0.5) is 0 Å². The lowest BCUT2D eigenvalue weighted by molar-refractivity contribution is -0.131. The Bertz CT molecular complexity index is 753. The number of rotatable bonds is 7. The van der Waals surface area contributed by atoms with Crippen LogP contribution in [0.15, 0.2) is 23.3 Å². The minimum absolute atomic E-state index is 0.192. The summed E-state index contributed by atoms with van der Waals surface area (Å²) in [5, 5.41) is 3.43. The molecule has 28 heavy (non-hydrogen) atoms. The summed E-state index contributed by atoms with van der Waals surface area (Å²) in [7, 11) is 0. The average Bonchev–Trinajstić information content (AvgIpc) is 3.09. The highest BCUT2D eigenvalue weighted by molar-refractivity contribution is 6.08. The van der Waals surface area contributed by atoms with Gasteiger partial charge in [-0.25, -0.2) is 0 Å². The molecule has 3 heterocycles. The molecule has 1 aromatic heterocycles. The van der Waals surface area contributed by atoms with Gasteiger partial charge < -0.3 is 15.1 Å². The van der Waals surface area contributed by atoms with E-state index in [9.17, 15) is 4.79 Å². The topological polar surface area (TPSA) is 60.8 Å². The fraction of sp³-hybridized carbons (Fsp3) is 0.682. The fourth-order valence-corrected chi connectivity index (χ4v) is 4.95. The summed E-state index contributed by atoms with van der Waals surface area (Å²) in [5.74, 6) is 0.442. The first-order valence-corrected chi connectivity index (χ1v) is 11.0. The molecule has 4 aliphatic rings. The second kappa shape index (κ2) is 7.91. The van der Waals surface area contributed by atoms with Crippen LogP contribution in [0.25, 0.3) is 0 Å². The predicted molar refractivity (Wildman–Crippen MR) is 110 cm³/mol. The number of hydrogen-bond acceptors (Lipinski definition) is 5. The molecule has 1 unspecified atom stereocenters. The quantitative estimate of drug-likeness (QED) is 0.783. The molecule has 150 valence electrons. The Kier molecular flexibility index (Phi) is 5.16. The molecule has 1 aromatic rings. The molecule has 2 saturated heterocycles. The number of carbonyl (C=O) groups is 1. The molecule has 5 rings (SSSR count). The van der Waals surface area contributed by atoms with Crippen LogP contribution < -0.4 is 5.32 Å². The van der Waals surface area contributed by atoms with Crippen LogP contribution in [0, 0.1) is 0 Å². The molecule has 0 aromatic carbocycles. The Balaban J connectivity index is 1.15. The van der Waals surface area contributed by atoms with E-state index in [1.165, 1.54) is 50.0 Å². The zero-order valence-electron chi connectivity index (χ0n) is 16.6. The van der Waals surface area contributed by atoms with Crippen molar-refractivity contribution in [3.8, 4) is 0 Å². The number of pyridine rings is 1. The number of hydrogen-bond donors (Lipinski definition) is 1. The molecular weight excluding hydrogens is 350 g/mol. The van der Waals surface area contributed by atoms with Gasteiger partial charge in [-0.1, -0.05) is 0 Å². The maximum absolute atomic E-state index is 12.9. The third-order valence-electron chi connectivity index (χ3n) is 6.62. The van der Waals surface area contributed by atoms with E-state index in [-0.39, 0.29) is 11.8 Å². The van der Waals surface area contributed by atoms with Crippen molar-refractivity contribution in [1.82, 2.24) is 20.1 Å². The standard InChI is InChI=1S/C22H31N5O/c28-21(27-11-3-4-18(27)15-26-9-1-2-10-26)14-23-13-19-20-12-16(7-8-24-20)22(19)25-17-5-6-17/h7-8,12,17-19,23H,1-6,9-11,13-15H2/t18-,19?/m1/s1. The van der Waals surface area contributed by atoms with Crippen molar-refractivity contribution >= 4 is 11.6 Å². The predicted octanol–water partition coefficient (Wildman–Crippen LogP) is 1.81. The van der Waals surface area contributed by atoms with Crippen LogP contribution in [0.5, 0.6) is 0 Å². The van der Waals surface area contributed by atoms with Crippen LogP contribution in [0.2, 0.25) is 0 Å². The maximum Gasteiger partial charge on any atom is 0.236 e. The highest BCUT2D eigenvalue weighted by Gasteiger charge is 2.33. The zero-order chi connectivity index (χ0) is 18.9. The van der Waals surface area contributed by atoms with E-state index in [0.29, 0.717) is 18.6 Å². The highest BCUT2D eigenvalue weighted by atomic mass is 16.2. The zero-order valence-corrected chi connectivity index (χ0v) is 16.6. The lowest BCUT2D eigenvalue weighted by atomic mass is 10.0. The number of fused-ring (bicyclic) bond motifs is 2. The number of aliphatic imine (C=N–C) groups is 1. The van der Waals surface area contributed by atoms with E-state index < -0.39 is 0 Å². The molecule has 2 aliphatic heterocycles. The van der Waals surface area contributed by atoms with Crippen LogP contribution >= 0.6 is 0 Å². The number of nitrogens with zero attached hydrogens (tertiary/aromatic N) is 4. The van der Waals surface area contributed by atoms with Gasteiger partial charge in [-0.05, 0) is 69.3 Å². The van der Waals surface area contributed by atoms with Gasteiger partial charge in [-0.3, -0.25) is 14.8 Å². The van der Waals surface area contributed by atoms with Crippen molar-refractivity contribution in [3.05, 3.63) is 29.6 Å². The van der Waals surface area contributed by atoms with Crippen molar-refractivity contribution in [2.45, 2.75) is 56.5 Å². The van der Waals surface area contributed by atoms with Gasteiger partial charge in [0.05, 0.1) is 29.9 Å². The van der Waals surface area contributed by atoms with Crippen molar-refractivity contribution < 1.29 is 4.79 Å². The normalized spacial score (nSPS) is 28.6. The van der Waals surface area contributed by atoms with Crippen LogP contribution in [0.1, 0.15) is 55.7 Å². The second-order valence-corrected chi connectivity index (χ2v) is 8.79. The first-order valence-electron chi connectivity index (χ1n) is 11.0. The first-order chi connectivity index (χ1) is 13.8. The minimum Gasteiger partial charge on any atom is -0.337 e. The number of aromatic nitrogens is 1. The molecule has 3 fully saturated rings. The van der Waals surface area contributed by atoms with Gasteiger partial charge >= 0.3 is 0 Å². The van der Waals surface area contributed by atoms with E-state index in [1.807, 2.05) is 6.20 Å². The SMILES string of the molecule is O=C(CNCC1C(=NC2CC2)c2ccnc1c2)N1CCC[C@@H]1CN1CCCC1. The first kappa shape index (κ1) is 18.3. The van der Waals surface area contributed by atoms with Gasteiger partial charge in [0.15, 0.2) is 0 Å². The summed E-state index contributed by atoms with van der Waals surface area (Å²) in [5.41, 5.74) is 3.47. The summed E-state index contributed by atoms with van der Waals surface area (Å²) in [6.07, 6.45) is 9.20. The number of likely N-dealkylation sites (tertiary alicyclic amines) is 2. The van der Waals surface area contributed by atoms with Gasteiger partial charge in [-0.15, -0.1) is 0 Å². The largest absolute Gasteiger partial charge is 0.337 e. The molecule has 2 aliphatic carbocycles. The lowest BCUT2D eigenvalue weighted by Gasteiger charge is -2.28. The number of amides is 1. The third kappa shape index (κ3) is 3.85. The van der Waals surface area contributed by atoms with Gasteiger partial charge in [0.2, 0.25) is 5.91 Å². The molecule has 1 amide bonds. The second-order valence-electron chi connectivity index (χ2n) is 8.79. The summed E-state index contributed by atoms with van der Waals surface area (Å²) in [6.45, 7) is 5.53. The third-order valence-corrected chi connectivity index (χ3v) is 6.62. The fourth-order valence-electron chi connectivity index (χ4n) is 4.95. The van der Waals surface area contributed by atoms with Crippen molar-refractivity contribution in [2.24, 2.45) is 4.99 Å².